The number of rotatable bonds is 3. The van der Waals surface area contributed by atoms with Gasteiger partial charge < -0.3 is 9.30 Å². The molecule has 0 aliphatic heterocycles. The molecule has 0 aliphatic rings. The molecule has 0 saturated carbocycles. The van der Waals surface area contributed by atoms with Crippen LogP contribution in [-0.2, 0) is 16.1 Å². The normalized spacial score (nSPS) is 10.5. The Morgan fingerprint density at radius 3 is 3.20 bits per heavy atom. The second-order valence-electron chi connectivity index (χ2n) is 3.23. The Morgan fingerprint density at radius 1 is 1.53 bits per heavy atom. The third-order valence-electron chi connectivity index (χ3n) is 2.22. The predicted molar refractivity (Wildman–Crippen MR) is 57.4 cm³/mol. The van der Waals surface area contributed by atoms with Crippen LogP contribution in [-0.4, -0.2) is 17.1 Å². The van der Waals surface area contributed by atoms with Crippen molar-refractivity contribution in [2.75, 3.05) is 6.61 Å². The molecule has 3 nitrogen and oxygen atoms in total. The van der Waals surface area contributed by atoms with Crippen LogP contribution in [0.4, 0.5) is 0 Å². The number of esters is 1. The molecule has 15 heavy (non-hydrogen) atoms. The molecule has 1 heterocycles. The summed E-state index contributed by atoms with van der Waals surface area (Å²) in [5.74, 6) is -0.209. The lowest BCUT2D eigenvalue weighted by Gasteiger charge is -2.04. The molecule has 2 aromatic rings. The van der Waals surface area contributed by atoms with Crippen molar-refractivity contribution in [3.05, 3.63) is 36.5 Å². The maximum Gasteiger partial charge on any atom is 0.325 e. The van der Waals surface area contributed by atoms with Crippen LogP contribution in [0.2, 0.25) is 0 Å². The Kier molecular flexibility index (Phi) is 2.72. The summed E-state index contributed by atoms with van der Waals surface area (Å²) < 4.78 is 6.76. The maximum atomic E-state index is 11.3. The molecule has 1 aromatic heterocycles. The monoisotopic (exact) mass is 202 g/mol. The van der Waals surface area contributed by atoms with E-state index in [1.807, 2.05) is 35.0 Å². The molecule has 0 aliphatic carbocycles. The molecule has 77 valence electrons. The van der Waals surface area contributed by atoms with Crippen LogP contribution in [0.5, 0.6) is 0 Å². The second-order valence-corrected chi connectivity index (χ2v) is 3.23. The van der Waals surface area contributed by atoms with Gasteiger partial charge in [-0.05, 0) is 30.5 Å². The summed E-state index contributed by atoms with van der Waals surface area (Å²) in [6.07, 6.45) is 1.88. The lowest BCUT2D eigenvalue weighted by Crippen LogP contribution is -2.12. The zero-order valence-electron chi connectivity index (χ0n) is 8.56. The van der Waals surface area contributed by atoms with Crippen LogP contribution in [0, 0.1) is 6.07 Å². The minimum atomic E-state index is -0.209. The fraction of sp³-hybridized carbons (Fsp3) is 0.250. The topological polar surface area (TPSA) is 31.2 Å². The number of ether oxygens (including phenoxy) is 1. The molecule has 0 atom stereocenters. The summed E-state index contributed by atoms with van der Waals surface area (Å²) in [4.78, 5) is 11.3. The van der Waals surface area contributed by atoms with Gasteiger partial charge in [0.25, 0.3) is 0 Å². The Hall–Kier alpha value is -1.77. The summed E-state index contributed by atoms with van der Waals surface area (Å²) in [6.45, 7) is 2.48. The molecule has 0 fully saturated rings. The minimum Gasteiger partial charge on any atom is -0.465 e. The lowest BCUT2D eigenvalue weighted by atomic mass is 10.2. The van der Waals surface area contributed by atoms with Gasteiger partial charge in [0.05, 0.1) is 6.61 Å². The zero-order chi connectivity index (χ0) is 10.7. The average molecular weight is 202 g/mol. The molecular formula is C12H12NO2. The quantitative estimate of drug-likeness (QED) is 0.713. The molecule has 3 heteroatoms. The predicted octanol–water partition coefficient (Wildman–Crippen LogP) is 2.00. The average Bonchev–Trinajstić information content (AvgIpc) is 2.62. The van der Waals surface area contributed by atoms with Gasteiger partial charge in [0.2, 0.25) is 0 Å². The number of hydrogen-bond donors (Lipinski definition) is 0. The summed E-state index contributed by atoms with van der Waals surface area (Å²) in [7, 11) is 0. The van der Waals surface area contributed by atoms with Crippen LogP contribution in [0.15, 0.2) is 30.5 Å². The summed E-state index contributed by atoms with van der Waals surface area (Å²) >= 11 is 0. The highest BCUT2D eigenvalue weighted by Crippen LogP contribution is 2.14. The van der Waals surface area contributed by atoms with Gasteiger partial charge in [0.1, 0.15) is 6.54 Å². The second kappa shape index (κ2) is 4.17. The Labute approximate surface area is 88.3 Å². The standard InChI is InChI=1S/C12H12NO2/c1-2-15-12(14)9-13-8-7-10-5-3-4-6-11(10)13/h3,5-8H,2,9H2,1H3. The number of benzene rings is 1. The summed E-state index contributed by atoms with van der Waals surface area (Å²) in [6, 6.07) is 10.7. The van der Waals surface area contributed by atoms with Crippen molar-refractivity contribution in [2.24, 2.45) is 0 Å². The van der Waals surface area contributed by atoms with Crippen molar-refractivity contribution < 1.29 is 9.53 Å². The van der Waals surface area contributed by atoms with E-state index in [-0.39, 0.29) is 12.5 Å². The number of carbonyl (C=O) groups is 1. The first-order valence-corrected chi connectivity index (χ1v) is 4.92. The first-order chi connectivity index (χ1) is 7.31. The van der Waals surface area contributed by atoms with E-state index >= 15 is 0 Å². The van der Waals surface area contributed by atoms with E-state index in [2.05, 4.69) is 6.07 Å². The van der Waals surface area contributed by atoms with E-state index in [0.717, 1.165) is 10.9 Å². The molecule has 1 radical (unpaired) electrons. The fourth-order valence-electron chi connectivity index (χ4n) is 1.56. The van der Waals surface area contributed by atoms with Crippen molar-refractivity contribution in [3.63, 3.8) is 0 Å². The van der Waals surface area contributed by atoms with Crippen LogP contribution in [0.1, 0.15) is 6.92 Å². The van der Waals surface area contributed by atoms with Gasteiger partial charge >= 0.3 is 5.97 Å². The molecular weight excluding hydrogens is 190 g/mol. The largest absolute Gasteiger partial charge is 0.465 e. The van der Waals surface area contributed by atoms with E-state index in [0.29, 0.717) is 6.61 Å². The minimum absolute atomic E-state index is 0.209. The van der Waals surface area contributed by atoms with Crippen molar-refractivity contribution in [1.29, 1.82) is 0 Å². The van der Waals surface area contributed by atoms with Gasteiger partial charge in [-0.2, -0.15) is 0 Å². The molecule has 2 rings (SSSR count). The lowest BCUT2D eigenvalue weighted by molar-refractivity contribution is -0.143. The van der Waals surface area contributed by atoms with Crippen molar-refractivity contribution in [1.82, 2.24) is 4.57 Å². The maximum absolute atomic E-state index is 11.3. The van der Waals surface area contributed by atoms with Gasteiger partial charge in [-0.15, -0.1) is 0 Å². The SMILES string of the molecule is CCOC(=O)Cn1ccc2cc[c]cc21. The van der Waals surface area contributed by atoms with Gasteiger partial charge in [-0.3, -0.25) is 4.79 Å². The highest BCUT2D eigenvalue weighted by atomic mass is 16.5. The van der Waals surface area contributed by atoms with Crippen LogP contribution >= 0.6 is 0 Å². The van der Waals surface area contributed by atoms with Gasteiger partial charge in [0, 0.05) is 11.7 Å². The summed E-state index contributed by atoms with van der Waals surface area (Å²) in [5, 5.41) is 1.11. The number of aromatic nitrogens is 1. The van der Waals surface area contributed by atoms with Gasteiger partial charge in [-0.25, -0.2) is 0 Å². The highest BCUT2D eigenvalue weighted by molar-refractivity contribution is 5.81. The number of hydrogen-bond acceptors (Lipinski definition) is 2. The van der Waals surface area contributed by atoms with Crippen molar-refractivity contribution in [2.45, 2.75) is 13.5 Å². The van der Waals surface area contributed by atoms with Gasteiger partial charge in [-0.1, -0.05) is 12.1 Å². The molecule has 0 amide bonds. The molecule has 0 saturated heterocycles. The van der Waals surface area contributed by atoms with E-state index < -0.39 is 0 Å². The van der Waals surface area contributed by atoms with Crippen LogP contribution in [0.25, 0.3) is 10.9 Å². The van der Waals surface area contributed by atoms with E-state index in [1.165, 1.54) is 0 Å². The summed E-state index contributed by atoms with van der Waals surface area (Å²) in [5.41, 5.74) is 1.01. The molecule has 1 aromatic carbocycles. The third kappa shape index (κ3) is 2.01. The molecule has 0 spiro atoms. The Balaban J connectivity index is 2.25. The molecule has 0 bridgehead atoms. The number of fused-ring (bicyclic) bond motifs is 1. The smallest absolute Gasteiger partial charge is 0.325 e. The Morgan fingerprint density at radius 2 is 2.40 bits per heavy atom. The molecule has 0 N–H and O–H groups in total. The first-order valence-electron chi connectivity index (χ1n) is 4.92. The van der Waals surface area contributed by atoms with E-state index in [4.69, 9.17) is 4.74 Å². The van der Waals surface area contributed by atoms with Crippen molar-refractivity contribution in [3.8, 4) is 0 Å². The fourth-order valence-corrected chi connectivity index (χ4v) is 1.56. The zero-order valence-corrected chi connectivity index (χ0v) is 8.56. The van der Waals surface area contributed by atoms with Crippen LogP contribution in [0.3, 0.4) is 0 Å². The highest BCUT2D eigenvalue weighted by Gasteiger charge is 2.05. The Bertz CT molecular complexity index is 473. The van der Waals surface area contributed by atoms with E-state index in [1.54, 1.807) is 6.92 Å². The first kappa shape index (κ1) is 9.77. The number of nitrogens with zero attached hydrogens (tertiary/aromatic N) is 1. The number of carbonyl (C=O) groups excluding carboxylic acids is 1. The van der Waals surface area contributed by atoms with Gasteiger partial charge in [0.15, 0.2) is 0 Å². The van der Waals surface area contributed by atoms with Crippen molar-refractivity contribution >= 4 is 16.9 Å². The van der Waals surface area contributed by atoms with E-state index in [9.17, 15) is 4.79 Å². The van der Waals surface area contributed by atoms with Crippen LogP contribution < -0.4 is 0 Å². The molecule has 0 unspecified atom stereocenters. The third-order valence-corrected chi connectivity index (χ3v) is 2.22.